The largest absolute Gasteiger partial charge is 0.363 e. The number of nitro benzene ring substituents is 1. The molecule has 1 aliphatic heterocycles. The summed E-state index contributed by atoms with van der Waals surface area (Å²) in [5.74, 6) is -0.0177. The Kier molecular flexibility index (Phi) is 6.66. The van der Waals surface area contributed by atoms with Crippen LogP contribution in [0.4, 0.5) is 16.5 Å². The van der Waals surface area contributed by atoms with Crippen molar-refractivity contribution >= 4 is 33.8 Å². The number of anilines is 2. The molecular formula is C23H26N6O3S. The molecule has 33 heavy (non-hydrogen) atoms. The number of hydrogen-bond donors (Lipinski definition) is 1. The SMILES string of the molecule is CC(C)c1ccc(-c2nnc(NC(=O)c3ccc(N4CCN(C)CC4)c([N+](=O)[O-])c3)s2)cc1. The van der Waals surface area contributed by atoms with E-state index in [1.54, 1.807) is 12.1 Å². The average molecular weight is 467 g/mol. The molecule has 0 bridgehead atoms. The lowest BCUT2D eigenvalue weighted by atomic mass is 10.0. The first kappa shape index (κ1) is 22.8. The van der Waals surface area contributed by atoms with E-state index in [0.717, 1.165) is 18.7 Å². The van der Waals surface area contributed by atoms with Crippen LogP contribution in [0, 0.1) is 10.1 Å². The first-order chi connectivity index (χ1) is 15.8. The van der Waals surface area contributed by atoms with Gasteiger partial charge in [0.1, 0.15) is 10.7 Å². The van der Waals surface area contributed by atoms with Crippen LogP contribution in [0.25, 0.3) is 10.6 Å². The Morgan fingerprint density at radius 2 is 1.79 bits per heavy atom. The van der Waals surface area contributed by atoms with Crippen LogP contribution in [0.5, 0.6) is 0 Å². The van der Waals surface area contributed by atoms with Crippen molar-refractivity contribution in [2.24, 2.45) is 0 Å². The molecule has 2 heterocycles. The van der Waals surface area contributed by atoms with Gasteiger partial charge in [-0.3, -0.25) is 20.2 Å². The molecule has 172 valence electrons. The zero-order chi connectivity index (χ0) is 23.5. The van der Waals surface area contributed by atoms with E-state index in [0.29, 0.717) is 34.8 Å². The molecule has 0 aliphatic carbocycles. The minimum atomic E-state index is -0.458. The van der Waals surface area contributed by atoms with E-state index >= 15 is 0 Å². The summed E-state index contributed by atoms with van der Waals surface area (Å²) in [6.45, 7) is 7.34. The molecule has 0 unspecified atom stereocenters. The van der Waals surface area contributed by atoms with E-state index in [9.17, 15) is 14.9 Å². The minimum Gasteiger partial charge on any atom is -0.363 e. The van der Waals surface area contributed by atoms with Gasteiger partial charge < -0.3 is 9.80 Å². The highest BCUT2D eigenvalue weighted by atomic mass is 32.1. The molecule has 4 rings (SSSR count). The van der Waals surface area contributed by atoms with E-state index < -0.39 is 10.8 Å². The lowest BCUT2D eigenvalue weighted by Gasteiger charge is -2.33. The molecule has 0 atom stereocenters. The van der Waals surface area contributed by atoms with Crippen LogP contribution in [-0.2, 0) is 0 Å². The first-order valence-corrected chi connectivity index (χ1v) is 11.6. The van der Waals surface area contributed by atoms with E-state index in [1.807, 2.05) is 24.1 Å². The molecule has 0 saturated carbocycles. The third-order valence-corrected chi connectivity index (χ3v) is 6.64. The maximum atomic E-state index is 12.8. The van der Waals surface area contributed by atoms with Crippen molar-refractivity contribution in [1.29, 1.82) is 0 Å². The van der Waals surface area contributed by atoms with E-state index in [1.165, 1.54) is 23.0 Å². The molecule has 10 heteroatoms. The topological polar surface area (TPSA) is 104 Å². The Bertz CT molecular complexity index is 1150. The van der Waals surface area contributed by atoms with Crippen LogP contribution in [0.15, 0.2) is 42.5 Å². The summed E-state index contributed by atoms with van der Waals surface area (Å²) in [5, 5.41) is 23.7. The molecular weight excluding hydrogens is 440 g/mol. The Balaban J connectivity index is 1.49. The third kappa shape index (κ3) is 5.18. The van der Waals surface area contributed by atoms with Crippen LogP contribution >= 0.6 is 11.3 Å². The van der Waals surface area contributed by atoms with Crippen LogP contribution in [0.3, 0.4) is 0 Å². The van der Waals surface area contributed by atoms with E-state index in [-0.39, 0.29) is 11.3 Å². The molecule has 1 amide bonds. The third-order valence-electron chi connectivity index (χ3n) is 5.75. The summed E-state index contributed by atoms with van der Waals surface area (Å²) in [4.78, 5) is 28.2. The fourth-order valence-corrected chi connectivity index (χ4v) is 4.44. The molecule has 3 aromatic rings. The van der Waals surface area contributed by atoms with Gasteiger partial charge in [0.25, 0.3) is 11.6 Å². The van der Waals surface area contributed by atoms with Gasteiger partial charge in [0, 0.05) is 43.4 Å². The van der Waals surface area contributed by atoms with Gasteiger partial charge in [0.05, 0.1) is 4.92 Å². The molecule has 0 radical (unpaired) electrons. The number of likely N-dealkylation sites (N-methyl/N-ethyl adjacent to an activating group) is 1. The summed E-state index contributed by atoms with van der Waals surface area (Å²) in [6.07, 6.45) is 0. The number of rotatable bonds is 6. The molecule has 9 nitrogen and oxygen atoms in total. The fraction of sp³-hybridized carbons (Fsp3) is 0.348. The van der Waals surface area contributed by atoms with E-state index in [2.05, 4.69) is 46.4 Å². The van der Waals surface area contributed by atoms with Gasteiger partial charge in [-0.2, -0.15) is 0 Å². The van der Waals surface area contributed by atoms with Gasteiger partial charge in [-0.1, -0.05) is 49.4 Å². The Morgan fingerprint density at radius 3 is 2.42 bits per heavy atom. The predicted molar refractivity (Wildman–Crippen MR) is 130 cm³/mol. The highest BCUT2D eigenvalue weighted by molar-refractivity contribution is 7.18. The average Bonchev–Trinajstić information content (AvgIpc) is 3.27. The van der Waals surface area contributed by atoms with Gasteiger partial charge >= 0.3 is 0 Å². The molecule has 1 saturated heterocycles. The van der Waals surface area contributed by atoms with Gasteiger partial charge in [0.15, 0.2) is 0 Å². The number of hydrogen-bond acceptors (Lipinski definition) is 8. The number of benzene rings is 2. The molecule has 2 aromatic carbocycles. The van der Waals surface area contributed by atoms with Gasteiger partial charge in [-0.15, -0.1) is 10.2 Å². The van der Waals surface area contributed by atoms with Gasteiger partial charge in [0.2, 0.25) is 5.13 Å². The van der Waals surface area contributed by atoms with Crippen molar-refractivity contribution in [3.63, 3.8) is 0 Å². The second kappa shape index (κ2) is 9.63. The van der Waals surface area contributed by atoms with Crippen molar-refractivity contribution in [3.8, 4) is 10.6 Å². The first-order valence-electron chi connectivity index (χ1n) is 10.8. The summed E-state index contributed by atoms with van der Waals surface area (Å²) >= 11 is 1.26. The van der Waals surface area contributed by atoms with Gasteiger partial charge in [-0.05, 0) is 30.7 Å². The van der Waals surface area contributed by atoms with Crippen molar-refractivity contribution < 1.29 is 9.72 Å². The number of aromatic nitrogens is 2. The fourth-order valence-electron chi connectivity index (χ4n) is 3.70. The minimum absolute atomic E-state index is 0.0737. The number of amides is 1. The standard InChI is InChI=1S/C23H26N6O3S/c1-15(2)16-4-6-17(7-5-16)22-25-26-23(33-22)24-21(30)18-8-9-19(20(14-18)29(31)32)28-12-10-27(3)11-13-28/h4-9,14-15H,10-13H2,1-3H3,(H,24,26,30). The van der Waals surface area contributed by atoms with Crippen LogP contribution in [-0.4, -0.2) is 59.2 Å². The highest BCUT2D eigenvalue weighted by Gasteiger charge is 2.24. The second-order valence-electron chi connectivity index (χ2n) is 8.39. The molecule has 0 spiro atoms. The Morgan fingerprint density at radius 1 is 1.09 bits per heavy atom. The van der Waals surface area contributed by atoms with Crippen molar-refractivity contribution in [2.75, 3.05) is 43.4 Å². The van der Waals surface area contributed by atoms with Crippen molar-refractivity contribution in [1.82, 2.24) is 15.1 Å². The number of nitro groups is 1. The Labute approximate surface area is 196 Å². The van der Waals surface area contributed by atoms with Crippen molar-refractivity contribution in [2.45, 2.75) is 19.8 Å². The lowest BCUT2D eigenvalue weighted by molar-refractivity contribution is -0.384. The smallest absolute Gasteiger partial charge is 0.293 e. The molecule has 1 fully saturated rings. The normalized spacial score (nSPS) is 14.5. The predicted octanol–water partition coefficient (Wildman–Crippen LogP) is 4.24. The van der Waals surface area contributed by atoms with Crippen LogP contribution in [0.1, 0.15) is 35.7 Å². The zero-order valence-corrected chi connectivity index (χ0v) is 19.6. The lowest BCUT2D eigenvalue weighted by Crippen LogP contribution is -2.44. The number of piperazine rings is 1. The van der Waals surface area contributed by atoms with Crippen LogP contribution in [0.2, 0.25) is 0 Å². The summed E-state index contributed by atoms with van der Waals surface area (Å²) < 4.78 is 0. The number of carbonyl (C=O) groups excluding carboxylic acids is 1. The second-order valence-corrected chi connectivity index (χ2v) is 9.37. The van der Waals surface area contributed by atoms with Crippen molar-refractivity contribution in [3.05, 3.63) is 63.7 Å². The van der Waals surface area contributed by atoms with E-state index in [4.69, 9.17) is 0 Å². The maximum Gasteiger partial charge on any atom is 0.293 e. The molecule has 1 aromatic heterocycles. The Hall–Kier alpha value is -3.37. The maximum absolute atomic E-state index is 12.8. The quantitative estimate of drug-likeness (QED) is 0.428. The van der Waals surface area contributed by atoms with Gasteiger partial charge in [-0.25, -0.2) is 0 Å². The number of carbonyl (C=O) groups is 1. The monoisotopic (exact) mass is 466 g/mol. The molecule has 1 N–H and O–H groups in total. The number of nitrogens with zero attached hydrogens (tertiary/aromatic N) is 5. The van der Waals surface area contributed by atoms with Crippen LogP contribution < -0.4 is 10.2 Å². The summed E-state index contributed by atoms with van der Waals surface area (Å²) in [6, 6.07) is 12.7. The summed E-state index contributed by atoms with van der Waals surface area (Å²) in [5.41, 5.74) is 2.82. The molecule has 1 aliphatic rings. The number of nitrogens with one attached hydrogen (secondary N) is 1. The highest BCUT2D eigenvalue weighted by Crippen LogP contribution is 2.31. The summed E-state index contributed by atoms with van der Waals surface area (Å²) in [7, 11) is 2.03. The zero-order valence-electron chi connectivity index (χ0n) is 18.8.